The van der Waals surface area contributed by atoms with Crippen molar-refractivity contribution in [3.63, 3.8) is 0 Å². The number of carbonyl (C=O) groups is 1. The zero-order valence-corrected chi connectivity index (χ0v) is 19.1. The van der Waals surface area contributed by atoms with Crippen LogP contribution in [0.5, 0.6) is 0 Å². The zero-order valence-electron chi connectivity index (χ0n) is 18.3. The first kappa shape index (κ1) is 21.7. The van der Waals surface area contributed by atoms with Gasteiger partial charge in [0.2, 0.25) is 0 Å². The number of hydrogen-bond donors (Lipinski definition) is 1. The molecule has 3 nitrogen and oxygen atoms in total. The molecule has 2 heterocycles. The lowest BCUT2D eigenvalue weighted by atomic mass is 9.91. The molecule has 0 unspecified atom stereocenters. The molecule has 0 saturated carbocycles. The first-order valence-electron chi connectivity index (χ1n) is 10.9. The van der Waals surface area contributed by atoms with Crippen LogP contribution in [0.2, 0.25) is 0 Å². The summed E-state index contributed by atoms with van der Waals surface area (Å²) in [4.78, 5) is 16.6. The molecule has 3 aromatic rings. The van der Waals surface area contributed by atoms with E-state index < -0.39 is 0 Å². The highest BCUT2D eigenvalue weighted by Gasteiger charge is 2.31. The summed E-state index contributed by atoms with van der Waals surface area (Å²) in [5.41, 5.74) is 4.03. The summed E-state index contributed by atoms with van der Waals surface area (Å²) >= 11 is 1.62. The quantitative estimate of drug-likeness (QED) is 0.490. The maximum Gasteiger partial charge on any atom is 0.256 e. The average molecular weight is 437 g/mol. The molecule has 0 aliphatic carbocycles. The number of nitrogens with zero attached hydrogens (tertiary/aromatic N) is 1. The second-order valence-electron chi connectivity index (χ2n) is 8.52. The monoisotopic (exact) mass is 436 g/mol. The molecular formula is C26H29FN2OS. The van der Waals surface area contributed by atoms with Gasteiger partial charge in [-0.3, -0.25) is 9.69 Å². The van der Waals surface area contributed by atoms with Crippen LogP contribution < -0.4 is 5.32 Å². The number of nitrogens with one attached hydrogen (secondary N) is 1. The lowest BCUT2D eigenvalue weighted by molar-refractivity contribution is 0.102. The first-order valence-corrected chi connectivity index (χ1v) is 11.7. The number of carbonyl (C=O) groups excluding carboxylic acids is 1. The number of rotatable bonds is 5. The zero-order chi connectivity index (χ0) is 22.0. The molecule has 1 fully saturated rings. The van der Waals surface area contributed by atoms with E-state index in [-0.39, 0.29) is 17.8 Å². The molecule has 4 rings (SSSR count). The van der Waals surface area contributed by atoms with Crippen LogP contribution in [-0.2, 0) is 0 Å². The van der Waals surface area contributed by atoms with Crippen molar-refractivity contribution >= 4 is 22.2 Å². The highest BCUT2D eigenvalue weighted by molar-refractivity contribution is 7.16. The molecule has 1 aromatic heterocycles. The fourth-order valence-electron chi connectivity index (χ4n) is 4.32. The van der Waals surface area contributed by atoms with E-state index in [1.165, 1.54) is 22.6 Å². The van der Waals surface area contributed by atoms with Crippen LogP contribution in [0, 0.1) is 25.6 Å². The number of benzene rings is 2. The van der Waals surface area contributed by atoms with Gasteiger partial charge in [-0.1, -0.05) is 37.3 Å². The minimum atomic E-state index is -0.231. The SMILES string of the molecule is Cc1sc(NC(=O)c2ccccc2)c([C@@H](c2ccc(F)cc2)N2CCC(C)CC2)c1C. The Morgan fingerprint density at radius 2 is 1.71 bits per heavy atom. The van der Waals surface area contributed by atoms with Crippen LogP contribution in [0.4, 0.5) is 9.39 Å². The van der Waals surface area contributed by atoms with Crippen molar-refractivity contribution in [1.29, 1.82) is 0 Å². The minimum Gasteiger partial charge on any atom is -0.313 e. The predicted octanol–water partition coefficient (Wildman–Crippen LogP) is 6.58. The Balaban J connectivity index is 1.75. The topological polar surface area (TPSA) is 32.3 Å². The molecule has 0 spiro atoms. The van der Waals surface area contributed by atoms with Crippen LogP contribution in [0.15, 0.2) is 54.6 Å². The van der Waals surface area contributed by atoms with Gasteiger partial charge in [-0.05, 0) is 81.1 Å². The van der Waals surface area contributed by atoms with Crippen LogP contribution in [-0.4, -0.2) is 23.9 Å². The fraction of sp³-hybridized carbons (Fsp3) is 0.346. The molecule has 5 heteroatoms. The number of thiophene rings is 1. The normalized spacial score (nSPS) is 16.3. The maximum atomic E-state index is 13.7. The number of aryl methyl sites for hydroxylation is 1. The van der Waals surface area contributed by atoms with Gasteiger partial charge in [0, 0.05) is 16.0 Å². The van der Waals surface area contributed by atoms with Crippen molar-refractivity contribution in [2.75, 3.05) is 18.4 Å². The van der Waals surface area contributed by atoms with Crippen LogP contribution in [0.1, 0.15) is 57.7 Å². The van der Waals surface area contributed by atoms with E-state index in [9.17, 15) is 9.18 Å². The van der Waals surface area contributed by atoms with Gasteiger partial charge < -0.3 is 5.32 Å². The summed E-state index contributed by atoms with van der Waals surface area (Å²) in [5.74, 6) is 0.381. The standard InChI is InChI=1S/C26H29FN2OS/c1-17-13-15-29(16-14-17)24(20-9-11-22(27)12-10-20)23-18(2)19(3)31-26(23)28-25(30)21-7-5-4-6-8-21/h4-12,17,24H,13-16H2,1-3H3,(H,28,30)/t24-/m1/s1. The lowest BCUT2D eigenvalue weighted by Gasteiger charge is -2.37. The summed E-state index contributed by atoms with van der Waals surface area (Å²) < 4.78 is 13.7. The first-order chi connectivity index (χ1) is 14.9. The third-order valence-electron chi connectivity index (χ3n) is 6.34. The largest absolute Gasteiger partial charge is 0.313 e. The maximum absolute atomic E-state index is 13.7. The Bertz CT molecular complexity index is 1040. The van der Waals surface area contributed by atoms with E-state index in [1.54, 1.807) is 11.3 Å². The molecule has 0 radical (unpaired) electrons. The number of amides is 1. The molecule has 2 aromatic carbocycles. The third kappa shape index (κ3) is 4.73. The van der Waals surface area contributed by atoms with E-state index in [1.807, 2.05) is 42.5 Å². The Morgan fingerprint density at radius 3 is 2.35 bits per heavy atom. The van der Waals surface area contributed by atoms with Crippen molar-refractivity contribution in [3.05, 3.63) is 87.5 Å². The second kappa shape index (κ2) is 9.33. The van der Waals surface area contributed by atoms with Crippen molar-refractivity contribution in [1.82, 2.24) is 4.90 Å². The Hall–Kier alpha value is -2.50. The molecule has 31 heavy (non-hydrogen) atoms. The number of halogens is 1. The van der Waals surface area contributed by atoms with Gasteiger partial charge in [0.25, 0.3) is 5.91 Å². The Morgan fingerprint density at radius 1 is 1.06 bits per heavy atom. The number of piperidine rings is 1. The highest BCUT2D eigenvalue weighted by atomic mass is 32.1. The fourth-order valence-corrected chi connectivity index (χ4v) is 5.41. The van der Waals surface area contributed by atoms with Gasteiger partial charge in [-0.2, -0.15) is 0 Å². The van der Waals surface area contributed by atoms with Crippen LogP contribution in [0.25, 0.3) is 0 Å². The van der Waals surface area contributed by atoms with Crippen LogP contribution >= 0.6 is 11.3 Å². The number of anilines is 1. The number of likely N-dealkylation sites (tertiary alicyclic amines) is 1. The van der Waals surface area contributed by atoms with Crippen molar-refractivity contribution in [2.24, 2.45) is 5.92 Å². The van der Waals surface area contributed by atoms with Gasteiger partial charge in [0.1, 0.15) is 10.8 Å². The van der Waals surface area contributed by atoms with Crippen molar-refractivity contribution < 1.29 is 9.18 Å². The molecule has 0 bridgehead atoms. The van der Waals surface area contributed by atoms with E-state index >= 15 is 0 Å². The molecule has 1 N–H and O–H groups in total. The Labute approximate surface area is 187 Å². The molecule has 1 aliphatic rings. The Kier molecular flexibility index (Phi) is 6.54. The smallest absolute Gasteiger partial charge is 0.256 e. The van der Waals surface area contributed by atoms with E-state index in [0.29, 0.717) is 11.5 Å². The van der Waals surface area contributed by atoms with Gasteiger partial charge >= 0.3 is 0 Å². The third-order valence-corrected chi connectivity index (χ3v) is 7.48. The minimum absolute atomic E-state index is 0.0101. The second-order valence-corrected chi connectivity index (χ2v) is 9.74. The van der Waals surface area contributed by atoms with Gasteiger partial charge in [-0.25, -0.2) is 4.39 Å². The molecule has 1 atom stereocenters. The molecule has 162 valence electrons. The van der Waals surface area contributed by atoms with Gasteiger partial charge in [0.15, 0.2) is 0 Å². The van der Waals surface area contributed by atoms with Crippen molar-refractivity contribution in [3.8, 4) is 0 Å². The van der Waals surface area contributed by atoms with Crippen molar-refractivity contribution in [2.45, 2.75) is 39.7 Å². The molecule has 1 saturated heterocycles. The summed E-state index contributed by atoms with van der Waals surface area (Å²) in [6.45, 7) is 8.51. The van der Waals surface area contributed by atoms with E-state index in [4.69, 9.17) is 0 Å². The molecule has 1 amide bonds. The van der Waals surface area contributed by atoms with E-state index in [2.05, 4.69) is 31.0 Å². The average Bonchev–Trinajstić information content (AvgIpc) is 3.05. The summed E-state index contributed by atoms with van der Waals surface area (Å²) in [6, 6.07) is 16.1. The lowest BCUT2D eigenvalue weighted by Crippen LogP contribution is -2.37. The summed E-state index contributed by atoms with van der Waals surface area (Å²) in [5, 5.41) is 4.06. The number of hydrogen-bond acceptors (Lipinski definition) is 3. The van der Waals surface area contributed by atoms with Gasteiger partial charge in [-0.15, -0.1) is 11.3 Å². The summed E-state index contributed by atoms with van der Waals surface area (Å²) in [7, 11) is 0. The van der Waals surface area contributed by atoms with Crippen LogP contribution in [0.3, 0.4) is 0 Å². The molecular weight excluding hydrogens is 407 g/mol. The highest BCUT2D eigenvalue weighted by Crippen LogP contribution is 2.43. The predicted molar refractivity (Wildman–Crippen MR) is 126 cm³/mol. The molecule has 1 aliphatic heterocycles. The van der Waals surface area contributed by atoms with Gasteiger partial charge in [0.05, 0.1) is 6.04 Å². The summed E-state index contributed by atoms with van der Waals surface area (Å²) in [6.07, 6.45) is 2.29. The van der Waals surface area contributed by atoms with E-state index in [0.717, 1.165) is 42.1 Å².